The van der Waals surface area contributed by atoms with Crippen molar-refractivity contribution in [3.63, 3.8) is 0 Å². The number of likely N-dealkylation sites (N-methyl/N-ethyl adjacent to an activating group) is 1. The predicted molar refractivity (Wildman–Crippen MR) is 324 cm³/mol. The van der Waals surface area contributed by atoms with Gasteiger partial charge in [-0.3, -0.25) is 33.7 Å². The van der Waals surface area contributed by atoms with E-state index < -0.39 is 206 Å². The molecule has 0 spiro atoms. The average Bonchev–Trinajstić information content (AvgIpc) is 0.738. The van der Waals surface area contributed by atoms with Crippen LogP contribution >= 0.6 is 0 Å². The van der Waals surface area contributed by atoms with Crippen molar-refractivity contribution in [3.8, 4) is 17.2 Å². The van der Waals surface area contributed by atoms with Crippen LogP contribution in [0.15, 0.2) is 18.2 Å². The van der Waals surface area contributed by atoms with Crippen molar-refractivity contribution in [1.82, 2.24) is 9.80 Å². The number of aliphatic carboxylic acids is 1. The molecule has 0 radical (unpaired) electrons. The van der Waals surface area contributed by atoms with E-state index in [1.165, 1.54) is 53.2 Å². The molecule has 1 aliphatic carbocycles. The minimum atomic E-state index is -1.76. The van der Waals surface area contributed by atoms with E-state index in [0.717, 1.165) is 4.90 Å². The van der Waals surface area contributed by atoms with E-state index in [9.17, 15) is 54.9 Å². The van der Waals surface area contributed by atoms with Crippen LogP contribution in [0.5, 0.6) is 17.2 Å². The Hall–Kier alpha value is -5.36. The van der Waals surface area contributed by atoms with E-state index in [0.29, 0.717) is 0 Å². The summed E-state index contributed by atoms with van der Waals surface area (Å²) in [6, 6.07) is 2.72. The highest BCUT2D eigenvalue weighted by Gasteiger charge is 2.53. The number of phenolic OH excluding ortho intramolecular Hbond substituents is 2. The molecule has 2 aromatic rings. The van der Waals surface area contributed by atoms with Crippen molar-refractivity contribution in [2.45, 2.75) is 254 Å². The van der Waals surface area contributed by atoms with Crippen molar-refractivity contribution in [1.29, 1.82) is 0 Å². The van der Waals surface area contributed by atoms with Crippen LogP contribution in [-0.2, 0) is 92.0 Å². The first kappa shape index (κ1) is 74.4. The molecule has 5 saturated heterocycles. The Morgan fingerprint density at radius 2 is 1.29 bits per heavy atom. The summed E-state index contributed by atoms with van der Waals surface area (Å²) in [5.41, 5.74) is 4.51. The van der Waals surface area contributed by atoms with E-state index in [-0.39, 0.29) is 85.7 Å². The third kappa shape index (κ3) is 17.3. The van der Waals surface area contributed by atoms with Crippen LogP contribution in [0.25, 0.3) is 10.8 Å². The van der Waals surface area contributed by atoms with Crippen LogP contribution < -0.4 is 10.5 Å². The van der Waals surface area contributed by atoms with Crippen LogP contribution in [0.4, 0.5) is 0 Å². The molecular weight excluding hydrogens is 1240 g/mol. The zero-order valence-electron chi connectivity index (χ0n) is 55.4. The molecule has 2 aromatic carbocycles. The lowest BCUT2D eigenvalue weighted by Crippen LogP contribution is -2.59. The van der Waals surface area contributed by atoms with Crippen molar-refractivity contribution in [2.75, 3.05) is 41.4 Å². The second kappa shape index (κ2) is 31.4. The number of ketones is 1. The van der Waals surface area contributed by atoms with Gasteiger partial charge >= 0.3 is 17.9 Å². The summed E-state index contributed by atoms with van der Waals surface area (Å²) < 4.78 is 85.3. The van der Waals surface area contributed by atoms with Gasteiger partial charge in [-0.15, -0.1) is 0 Å². The number of carbonyl (C=O) groups is 6. The number of aliphatic hydroxyl groups excluding tert-OH is 3. The number of aliphatic hydroxyl groups is 4. The highest BCUT2D eigenvalue weighted by atomic mass is 16.7. The molecule has 5 heterocycles. The second-order valence-electron chi connectivity index (χ2n) is 26.2. The lowest BCUT2D eigenvalue weighted by Gasteiger charge is -2.47. The lowest BCUT2D eigenvalue weighted by atomic mass is 9.76. The molecule has 30 nitrogen and oxygen atoms in total. The Balaban J connectivity index is 1.08. The number of amides is 2. The topological polar surface area (TPSA) is 406 Å². The van der Waals surface area contributed by atoms with Crippen LogP contribution in [0.2, 0.25) is 0 Å². The van der Waals surface area contributed by atoms with Gasteiger partial charge < -0.3 is 113 Å². The standard InChI is InChI=1S/C64H95N3O27/c1-27(2)63(79)94-60-32(7)87-49(26-64(60,9)80)91-42-23-47(83-28(3)53(42)74)90-41-24-48(84-29(4)52(41)73)93-58-37(59(82-13)62(78)67(17-16-66(10)11)61(77)38(65)14-15-44(71)72)20-35-18-34-19-36(21-39(69)50(34)54(75)51(35)55(58)76)89-46-25-43(57(31(6)86-46)88-33(8)68)92-45-22-40(70)56(81-12)30(5)85-45/h18-19,21,27-32,37-38,40-43,45-49,52-53,56-60,69-70,73-75,80H,14-17,20,22-26,65H2,1-13H3,(H,71,72)/t28-,29-,30-,31-,32+,37-,38+,40-,41+,42+,43-,45-,46+,47+,48+,49+,52-,53-,56-,57-,58+,59+,60+,64-/m1/s1. The second-order valence-corrected chi connectivity index (χ2v) is 26.2. The zero-order chi connectivity index (χ0) is 69.1. The van der Waals surface area contributed by atoms with Gasteiger partial charge in [0, 0.05) is 84.7 Å². The van der Waals surface area contributed by atoms with Crippen LogP contribution in [-0.4, -0.2) is 263 Å². The van der Waals surface area contributed by atoms with E-state index in [4.69, 9.17) is 72.0 Å². The lowest BCUT2D eigenvalue weighted by molar-refractivity contribution is -0.334. The number of hydrogen-bond donors (Lipinski definition) is 8. The SMILES string of the molecule is CO[C@H]1[C@H](O)C[C@@H](O[C@@H]2C[C@H](Oc3cc(O)c4c(O)c5c(cc4c3)C[C@@H]([C@H](OC)C(=O)N(CCN(C)C)C(=O)[C@@H](N)CCC(=O)O)[C@H](O[C@H]3C[C@H](O[C@H]4C[C@H](O[C@H]6C[C@@](C)(O)[C@@H](OC(=O)C(C)C)[C@H](C)O6)[C@H](O)[C@@H](C)O4)[C@H](O)[C@@H](C)O3)C5=O)O[C@H](C)[C@H]2OC(C)=O)O[C@@H]1C. The third-order valence-corrected chi connectivity index (χ3v) is 18.2. The number of imide groups is 1. The van der Waals surface area contributed by atoms with Gasteiger partial charge in [0.25, 0.3) is 5.91 Å². The summed E-state index contributed by atoms with van der Waals surface area (Å²) in [5.74, 6) is -8.17. The number of benzene rings is 2. The summed E-state index contributed by atoms with van der Waals surface area (Å²) in [7, 11) is 6.04. The van der Waals surface area contributed by atoms with Crippen molar-refractivity contribution < 1.29 is 131 Å². The first-order valence-electron chi connectivity index (χ1n) is 32.0. The minimum Gasteiger partial charge on any atom is -0.507 e. The molecule has 94 heavy (non-hydrogen) atoms. The fourth-order valence-electron chi connectivity index (χ4n) is 13.3. The molecule has 9 N–H and O–H groups in total. The third-order valence-electron chi connectivity index (χ3n) is 18.2. The van der Waals surface area contributed by atoms with E-state index in [1.807, 2.05) is 0 Å². The quantitative estimate of drug-likeness (QED) is 0.0693. The number of nitrogens with zero attached hydrogens (tertiary/aromatic N) is 2. The van der Waals surface area contributed by atoms with Gasteiger partial charge in [-0.2, -0.15) is 0 Å². The van der Waals surface area contributed by atoms with Crippen LogP contribution in [0.1, 0.15) is 123 Å². The molecule has 2 amide bonds. The number of fused-ring (bicyclic) bond motifs is 2. The molecule has 0 aromatic heterocycles. The molecule has 5 fully saturated rings. The molecule has 528 valence electrons. The number of phenols is 2. The summed E-state index contributed by atoms with van der Waals surface area (Å²) in [4.78, 5) is 83.9. The molecule has 8 rings (SSSR count). The van der Waals surface area contributed by atoms with Gasteiger partial charge in [0.1, 0.15) is 59.5 Å². The number of hydrogen-bond acceptors (Lipinski definition) is 28. The molecule has 0 bridgehead atoms. The highest BCUT2D eigenvalue weighted by Crippen LogP contribution is 2.46. The number of aromatic hydroxyl groups is 2. The fourth-order valence-corrected chi connectivity index (χ4v) is 13.3. The Labute approximate surface area is 545 Å². The normalized spacial score (nSPS) is 36.1. The number of ether oxygens (including phenoxy) is 14. The van der Waals surface area contributed by atoms with Crippen molar-refractivity contribution in [2.24, 2.45) is 17.6 Å². The van der Waals surface area contributed by atoms with Gasteiger partial charge in [-0.05, 0) is 91.6 Å². The number of nitrogens with two attached hydrogens (primary N) is 1. The van der Waals surface area contributed by atoms with Gasteiger partial charge in [-0.1, -0.05) is 13.8 Å². The molecule has 24 atom stereocenters. The number of carbonyl (C=O) groups excluding carboxylic acids is 5. The van der Waals surface area contributed by atoms with Gasteiger partial charge in [0.15, 0.2) is 43.2 Å². The monoisotopic (exact) mass is 1340 g/mol. The maximum Gasteiger partial charge on any atom is 0.308 e. The Morgan fingerprint density at radius 3 is 1.86 bits per heavy atom. The fraction of sp³-hybridized carbons (Fsp3) is 0.750. The first-order valence-corrected chi connectivity index (χ1v) is 32.0. The molecule has 0 unspecified atom stereocenters. The predicted octanol–water partition coefficient (Wildman–Crippen LogP) is 1.67. The molecule has 6 aliphatic rings. The Bertz CT molecular complexity index is 2980. The number of esters is 2. The van der Waals surface area contributed by atoms with Crippen molar-refractivity contribution >= 4 is 46.3 Å². The summed E-state index contributed by atoms with van der Waals surface area (Å²) in [6.45, 7) is 14.0. The van der Waals surface area contributed by atoms with Gasteiger partial charge in [0.05, 0.1) is 71.7 Å². The van der Waals surface area contributed by atoms with Gasteiger partial charge in [0.2, 0.25) is 12.2 Å². The maximum atomic E-state index is 15.5. The Morgan fingerprint density at radius 1 is 0.723 bits per heavy atom. The Kier molecular flexibility index (Phi) is 24.9. The smallest absolute Gasteiger partial charge is 0.308 e. The first-order chi connectivity index (χ1) is 44.2. The van der Waals surface area contributed by atoms with E-state index >= 15 is 9.59 Å². The van der Waals surface area contributed by atoms with E-state index in [2.05, 4.69) is 0 Å². The van der Waals surface area contributed by atoms with E-state index in [1.54, 1.807) is 60.5 Å². The summed E-state index contributed by atoms with van der Waals surface area (Å²) >= 11 is 0. The van der Waals surface area contributed by atoms with Crippen LogP contribution in [0.3, 0.4) is 0 Å². The maximum absolute atomic E-state index is 15.5. The molecule has 5 aliphatic heterocycles. The largest absolute Gasteiger partial charge is 0.507 e. The summed E-state index contributed by atoms with van der Waals surface area (Å²) in [6.07, 6.45) is -24.2. The minimum absolute atomic E-state index is 0.0176. The molecular formula is C64H95N3O27. The highest BCUT2D eigenvalue weighted by molar-refractivity contribution is 6.11. The number of carboxylic acid groups (broad SMARTS) is 1. The number of methoxy groups -OCH3 is 2. The molecule has 30 heteroatoms. The number of Topliss-reactive ketones (excluding diaryl/α,β-unsaturated/α-hetero) is 1. The van der Waals surface area contributed by atoms with Crippen molar-refractivity contribution in [3.05, 3.63) is 29.3 Å². The summed E-state index contributed by atoms with van der Waals surface area (Å²) in [5, 5.41) is 78.9. The number of carboxylic acids is 1. The average molecular weight is 1340 g/mol. The van der Waals surface area contributed by atoms with Gasteiger partial charge in [-0.25, -0.2) is 0 Å². The number of rotatable bonds is 24. The zero-order valence-corrected chi connectivity index (χ0v) is 55.4. The molecule has 0 saturated carbocycles. The van der Waals surface area contributed by atoms with Crippen LogP contribution in [0, 0.1) is 11.8 Å².